The van der Waals surface area contributed by atoms with Gasteiger partial charge in [-0.1, -0.05) is 109 Å². The molecule has 294 valence electrons. The molecule has 4 aromatic carbocycles. The minimum absolute atomic E-state index is 0.0487. The lowest BCUT2D eigenvalue weighted by atomic mass is 9.98. The average Bonchev–Trinajstić information content (AvgIpc) is 3.98. The Hall–Kier alpha value is -7.13. The summed E-state index contributed by atoms with van der Waals surface area (Å²) in [7, 11) is 1.23. The van der Waals surface area contributed by atoms with Crippen molar-refractivity contribution in [1.29, 1.82) is 0 Å². The van der Waals surface area contributed by atoms with Crippen LogP contribution in [0.25, 0.3) is 22.3 Å². The van der Waals surface area contributed by atoms with Crippen LogP contribution in [-0.4, -0.2) is 94.0 Å². The SMILES string of the molecule is COC(=O)CN(C(=O)Cn1cnc2c(NC(=O)OC(c3ccccc3)c3ccccc3)ncnc21)[C@@H]1COC[C@H]1NC(=O)OCC1c2ccccc2-c2ccccc21. The van der Waals surface area contributed by atoms with Gasteiger partial charge < -0.3 is 33.7 Å². The number of aromatic nitrogens is 4. The van der Waals surface area contributed by atoms with Crippen LogP contribution in [0, 0.1) is 0 Å². The fourth-order valence-electron chi connectivity index (χ4n) is 7.52. The molecule has 1 aliphatic heterocycles. The summed E-state index contributed by atoms with van der Waals surface area (Å²) in [6, 6.07) is 33.3. The lowest BCUT2D eigenvalue weighted by Gasteiger charge is -2.31. The van der Waals surface area contributed by atoms with Crippen LogP contribution in [0.15, 0.2) is 122 Å². The van der Waals surface area contributed by atoms with Crippen LogP contribution in [0.4, 0.5) is 15.4 Å². The van der Waals surface area contributed by atoms with Crippen molar-refractivity contribution in [3.05, 3.63) is 144 Å². The molecule has 1 saturated heterocycles. The molecule has 2 atom stereocenters. The summed E-state index contributed by atoms with van der Waals surface area (Å²) >= 11 is 0. The summed E-state index contributed by atoms with van der Waals surface area (Å²) in [4.78, 5) is 67.5. The fourth-order valence-corrected chi connectivity index (χ4v) is 7.52. The van der Waals surface area contributed by atoms with Crippen LogP contribution in [0.2, 0.25) is 0 Å². The summed E-state index contributed by atoms with van der Waals surface area (Å²) in [5.41, 5.74) is 6.38. The van der Waals surface area contributed by atoms with Crippen molar-refractivity contribution in [3.63, 3.8) is 0 Å². The first-order valence-corrected chi connectivity index (χ1v) is 18.7. The van der Waals surface area contributed by atoms with Crippen LogP contribution < -0.4 is 10.6 Å². The number of carbonyl (C=O) groups excluding carboxylic acids is 4. The van der Waals surface area contributed by atoms with E-state index in [0.29, 0.717) is 0 Å². The Balaban J connectivity index is 0.944. The molecule has 0 spiro atoms. The lowest BCUT2D eigenvalue weighted by Crippen LogP contribution is -2.55. The molecule has 3 heterocycles. The zero-order valence-corrected chi connectivity index (χ0v) is 31.4. The Kier molecular flexibility index (Phi) is 11.0. The number of hydrogen-bond acceptors (Lipinski definition) is 11. The van der Waals surface area contributed by atoms with E-state index in [2.05, 4.69) is 37.7 Å². The van der Waals surface area contributed by atoms with Gasteiger partial charge >= 0.3 is 18.2 Å². The predicted molar refractivity (Wildman–Crippen MR) is 210 cm³/mol. The number of rotatable bonds is 12. The first-order chi connectivity index (χ1) is 28.4. The number of hydrogen-bond donors (Lipinski definition) is 2. The number of methoxy groups -OCH3 is 1. The Morgan fingerprint density at radius 2 is 1.45 bits per heavy atom. The van der Waals surface area contributed by atoms with Gasteiger partial charge in [-0.05, 0) is 33.4 Å². The molecule has 0 saturated carbocycles. The van der Waals surface area contributed by atoms with Gasteiger partial charge in [-0.15, -0.1) is 0 Å². The molecule has 3 amide bonds. The molecule has 2 aromatic heterocycles. The van der Waals surface area contributed by atoms with E-state index in [4.69, 9.17) is 18.9 Å². The quantitative estimate of drug-likeness (QED) is 0.119. The number of esters is 1. The van der Waals surface area contributed by atoms with Gasteiger partial charge in [0.15, 0.2) is 23.1 Å². The van der Waals surface area contributed by atoms with E-state index in [1.165, 1.54) is 29.2 Å². The van der Waals surface area contributed by atoms with Crippen LogP contribution in [0.1, 0.15) is 34.3 Å². The number of nitrogens with zero attached hydrogens (tertiary/aromatic N) is 5. The van der Waals surface area contributed by atoms with Crippen molar-refractivity contribution in [2.45, 2.75) is 30.7 Å². The van der Waals surface area contributed by atoms with Crippen molar-refractivity contribution in [2.75, 3.05) is 38.8 Å². The molecule has 0 radical (unpaired) electrons. The van der Waals surface area contributed by atoms with Crippen LogP contribution in [0.3, 0.4) is 0 Å². The van der Waals surface area contributed by atoms with E-state index in [1.807, 2.05) is 97.1 Å². The lowest BCUT2D eigenvalue weighted by molar-refractivity contribution is -0.149. The van der Waals surface area contributed by atoms with Crippen molar-refractivity contribution in [3.8, 4) is 11.1 Å². The number of anilines is 1. The number of fused-ring (bicyclic) bond motifs is 4. The standard InChI is InChI=1S/C43H39N7O8/c1-55-37(52)21-50(35-24-56-23-34(35)47-42(53)57-22-33-31-18-10-8-16-29(31)30-17-9-11-19-32(30)33)36(51)20-49-26-46-38-40(44-25-45-41(38)49)48-43(54)58-39(27-12-4-2-5-13-27)28-14-6-3-7-15-28/h2-19,25-26,33-35,39H,20-24H2,1H3,(H,47,53)(H,44,45,48,54)/t34-,35-/m1/s1. The number of amides is 3. The van der Waals surface area contributed by atoms with Crippen molar-refractivity contribution in [1.82, 2.24) is 29.7 Å². The first kappa shape index (κ1) is 37.8. The van der Waals surface area contributed by atoms with E-state index >= 15 is 0 Å². The molecule has 2 aliphatic rings. The summed E-state index contributed by atoms with van der Waals surface area (Å²) in [6.45, 7) is -0.467. The number of carbonyl (C=O) groups is 4. The molecule has 6 aromatic rings. The summed E-state index contributed by atoms with van der Waals surface area (Å²) < 4.78 is 23.8. The van der Waals surface area contributed by atoms with Gasteiger partial charge in [0.05, 0.1) is 38.7 Å². The zero-order valence-electron chi connectivity index (χ0n) is 31.4. The minimum atomic E-state index is -0.774. The zero-order chi connectivity index (χ0) is 40.0. The summed E-state index contributed by atoms with van der Waals surface area (Å²) in [5.74, 6) is -1.22. The smallest absolute Gasteiger partial charge is 0.413 e. The first-order valence-electron chi connectivity index (χ1n) is 18.7. The molecule has 0 bridgehead atoms. The molecule has 58 heavy (non-hydrogen) atoms. The van der Waals surface area contributed by atoms with Crippen LogP contribution in [0.5, 0.6) is 0 Å². The Morgan fingerprint density at radius 3 is 2.10 bits per heavy atom. The Labute approximate surface area is 332 Å². The number of ether oxygens (including phenoxy) is 4. The van der Waals surface area contributed by atoms with Gasteiger partial charge in [-0.2, -0.15) is 0 Å². The van der Waals surface area contributed by atoms with Gasteiger partial charge in [0.1, 0.15) is 26.0 Å². The van der Waals surface area contributed by atoms with E-state index in [-0.39, 0.29) is 49.3 Å². The van der Waals surface area contributed by atoms with Gasteiger partial charge in [0, 0.05) is 5.92 Å². The third kappa shape index (κ3) is 7.93. The maximum absolute atomic E-state index is 14.0. The maximum Gasteiger partial charge on any atom is 0.413 e. The van der Waals surface area contributed by atoms with Gasteiger partial charge in [0.25, 0.3) is 0 Å². The number of nitrogens with one attached hydrogen (secondary N) is 2. The molecular weight excluding hydrogens is 743 g/mol. The molecule has 2 N–H and O–H groups in total. The van der Waals surface area contributed by atoms with Gasteiger partial charge in [-0.25, -0.2) is 24.5 Å². The molecule has 15 heteroatoms. The second kappa shape index (κ2) is 16.9. The fraction of sp³-hybridized carbons (Fsp3) is 0.233. The van der Waals surface area contributed by atoms with E-state index < -0.39 is 48.8 Å². The van der Waals surface area contributed by atoms with Crippen molar-refractivity contribution >= 4 is 41.0 Å². The highest BCUT2D eigenvalue weighted by atomic mass is 16.6. The molecule has 0 unspecified atom stereocenters. The van der Waals surface area contributed by atoms with E-state index in [1.54, 1.807) is 0 Å². The third-order valence-corrected chi connectivity index (χ3v) is 10.3. The largest absolute Gasteiger partial charge is 0.468 e. The Bertz CT molecular complexity index is 2360. The number of benzene rings is 4. The normalized spacial score (nSPS) is 15.7. The van der Waals surface area contributed by atoms with Crippen LogP contribution >= 0.6 is 0 Å². The highest BCUT2D eigenvalue weighted by molar-refractivity contribution is 5.94. The van der Waals surface area contributed by atoms with Gasteiger partial charge in [-0.3, -0.25) is 14.9 Å². The van der Waals surface area contributed by atoms with Crippen LogP contribution in [-0.2, 0) is 35.1 Å². The topological polar surface area (TPSA) is 176 Å². The van der Waals surface area contributed by atoms with Gasteiger partial charge in [0.2, 0.25) is 5.91 Å². The number of imidazole rings is 1. The van der Waals surface area contributed by atoms with Crippen molar-refractivity contribution < 1.29 is 38.1 Å². The Morgan fingerprint density at radius 1 is 0.810 bits per heavy atom. The predicted octanol–water partition coefficient (Wildman–Crippen LogP) is 5.47. The summed E-state index contributed by atoms with van der Waals surface area (Å²) in [6.07, 6.45) is 0.472. The molecule has 1 aliphatic carbocycles. The minimum Gasteiger partial charge on any atom is -0.468 e. The maximum atomic E-state index is 14.0. The molecule has 8 rings (SSSR count). The van der Waals surface area contributed by atoms with Crippen molar-refractivity contribution in [2.24, 2.45) is 0 Å². The monoisotopic (exact) mass is 781 g/mol. The second-order valence-corrected chi connectivity index (χ2v) is 13.8. The molecule has 1 fully saturated rings. The van der Waals surface area contributed by atoms with E-state index in [0.717, 1.165) is 33.4 Å². The summed E-state index contributed by atoms with van der Waals surface area (Å²) in [5, 5.41) is 5.52. The average molecular weight is 782 g/mol. The van der Waals surface area contributed by atoms with E-state index in [9.17, 15) is 19.2 Å². The molecule has 15 nitrogen and oxygen atoms in total. The number of alkyl carbamates (subject to hydrolysis) is 1. The molecular formula is C43H39N7O8. The highest BCUT2D eigenvalue weighted by Crippen LogP contribution is 2.44. The third-order valence-electron chi connectivity index (χ3n) is 10.3. The second-order valence-electron chi connectivity index (χ2n) is 13.8. The highest BCUT2D eigenvalue weighted by Gasteiger charge is 2.39.